The Hall–Kier alpha value is -2.18. The lowest BCUT2D eigenvalue weighted by Gasteiger charge is -2.22. The predicted molar refractivity (Wildman–Crippen MR) is 98.5 cm³/mol. The monoisotopic (exact) mass is 369 g/mol. The third-order valence-electron chi connectivity index (χ3n) is 6.40. The number of carbonyl (C=O) groups is 1. The second-order valence-corrected chi connectivity index (χ2v) is 8.42. The molecule has 0 N–H and O–H groups in total. The Morgan fingerprint density at radius 1 is 1.15 bits per heavy atom. The molecule has 0 radical (unpaired) electrons. The summed E-state index contributed by atoms with van der Waals surface area (Å²) in [6, 6.07) is 0. The van der Waals surface area contributed by atoms with Gasteiger partial charge in [0.05, 0.1) is 18.8 Å². The van der Waals surface area contributed by atoms with Gasteiger partial charge in [-0.3, -0.25) is 9.48 Å². The number of nitrogens with zero attached hydrogens (tertiary/aromatic N) is 5. The lowest BCUT2D eigenvalue weighted by Crippen LogP contribution is -2.26. The first-order valence-electron chi connectivity index (χ1n) is 10.4. The molecule has 2 fully saturated rings. The molecule has 144 valence electrons. The molecule has 7 heteroatoms. The van der Waals surface area contributed by atoms with E-state index in [4.69, 9.17) is 4.52 Å². The average Bonchev–Trinajstić information content (AvgIpc) is 3.14. The lowest BCUT2D eigenvalue weighted by atomic mass is 9.86. The zero-order chi connectivity index (χ0) is 18.4. The Balaban J connectivity index is 1.27. The molecule has 0 bridgehead atoms. The van der Waals surface area contributed by atoms with E-state index < -0.39 is 0 Å². The van der Waals surface area contributed by atoms with Crippen LogP contribution in [0.15, 0.2) is 4.52 Å². The summed E-state index contributed by atoms with van der Waals surface area (Å²) in [5, 5.41) is 8.70. The first-order chi connectivity index (χ1) is 13.2. The maximum absolute atomic E-state index is 12.8. The van der Waals surface area contributed by atoms with Crippen LogP contribution in [0, 0.1) is 5.92 Å². The van der Waals surface area contributed by atoms with Gasteiger partial charge < -0.3 is 9.42 Å². The zero-order valence-corrected chi connectivity index (χ0v) is 16.0. The number of aryl methyl sites for hydroxylation is 1. The molecule has 0 spiro atoms. The maximum Gasteiger partial charge on any atom is 0.278 e. The van der Waals surface area contributed by atoms with Crippen LogP contribution in [0.25, 0.3) is 11.6 Å². The SMILES string of the molecule is Cn1nc(-c2nc(C3CC3)no2)c2c1CN(C(=O)CCC1CCCCC1)C2. The molecule has 1 aliphatic heterocycles. The van der Waals surface area contributed by atoms with Crippen molar-refractivity contribution in [3.63, 3.8) is 0 Å². The smallest absolute Gasteiger partial charge is 0.278 e. The summed E-state index contributed by atoms with van der Waals surface area (Å²) >= 11 is 0. The summed E-state index contributed by atoms with van der Waals surface area (Å²) in [6.07, 6.45) is 10.6. The molecule has 2 aromatic rings. The van der Waals surface area contributed by atoms with E-state index in [0.29, 0.717) is 31.3 Å². The highest BCUT2D eigenvalue weighted by atomic mass is 16.5. The van der Waals surface area contributed by atoms with Crippen molar-refractivity contribution in [2.45, 2.75) is 76.8 Å². The maximum atomic E-state index is 12.8. The minimum atomic E-state index is 0.256. The molecule has 2 aliphatic carbocycles. The summed E-state index contributed by atoms with van der Waals surface area (Å²) in [5.41, 5.74) is 2.89. The molecule has 0 aromatic carbocycles. The van der Waals surface area contributed by atoms with E-state index in [2.05, 4.69) is 15.2 Å². The van der Waals surface area contributed by atoms with Gasteiger partial charge in [0.1, 0.15) is 0 Å². The number of rotatable bonds is 5. The molecule has 1 amide bonds. The topological polar surface area (TPSA) is 77.1 Å². The first-order valence-corrected chi connectivity index (χ1v) is 10.4. The Labute approximate surface area is 159 Å². The fourth-order valence-corrected chi connectivity index (χ4v) is 4.54. The summed E-state index contributed by atoms with van der Waals surface area (Å²) < 4.78 is 7.33. The number of aromatic nitrogens is 4. The van der Waals surface area contributed by atoms with Gasteiger partial charge in [-0.1, -0.05) is 37.3 Å². The van der Waals surface area contributed by atoms with Crippen LogP contribution < -0.4 is 0 Å². The molecule has 2 aromatic heterocycles. The molecule has 2 saturated carbocycles. The van der Waals surface area contributed by atoms with Gasteiger partial charge in [0.15, 0.2) is 11.5 Å². The third-order valence-corrected chi connectivity index (χ3v) is 6.40. The summed E-state index contributed by atoms with van der Waals surface area (Å²) in [7, 11) is 1.93. The quantitative estimate of drug-likeness (QED) is 0.805. The van der Waals surface area contributed by atoms with Crippen molar-refractivity contribution < 1.29 is 9.32 Å². The molecule has 5 rings (SSSR count). The van der Waals surface area contributed by atoms with E-state index in [-0.39, 0.29) is 5.91 Å². The number of hydrogen-bond acceptors (Lipinski definition) is 5. The third kappa shape index (κ3) is 3.28. The number of hydrogen-bond donors (Lipinski definition) is 0. The Morgan fingerprint density at radius 3 is 2.74 bits per heavy atom. The highest BCUT2D eigenvalue weighted by Crippen LogP contribution is 2.39. The van der Waals surface area contributed by atoms with Crippen LogP contribution in [0.1, 0.15) is 80.8 Å². The first kappa shape index (κ1) is 17.0. The van der Waals surface area contributed by atoms with Crippen molar-refractivity contribution in [3.8, 4) is 11.6 Å². The summed E-state index contributed by atoms with van der Waals surface area (Å²) in [6.45, 7) is 1.23. The van der Waals surface area contributed by atoms with Crippen LogP contribution in [0.3, 0.4) is 0 Å². The fourth-order valence-electron chi connectivity index (χ4n) is 4.54. The van der Waals surface area contributed by atoms with E-state index >= 15 is 0 Å². The standard InChI is InChI=1S/C20H27N5O2/c1-24-16-12-25(17(26)10-7-13-5-3-2-4-6-13)11-15(16)18(22-24)20-21-19(23-27-20)14-8-9-14/h13-14H,2-12H2,1H3. The van der Waals surface area contributed by atoms with E-state index in [0.717, 1.165) is 48.0 Å². The molecule has 3 heterocycles. The number of fused-ring (bicyclic) bond motifs is 1. The Morgan fingerprint density at radius 2 is 1.96 bits per heavy atom. The molecular formula is C20H27N5O2. The molecular weight excluding hydrogens is 342 g/mol. The Bertz CT molecular complexity index is 845. The summed E-state index contributed by atoms with van der Waals surface area (Å²) in [4.78, 5) is 19.3. The zero-order valence-electron chi connectivity index (χ0n) is 16.0. The van der Waals surface area contributed by atoms with Crippen molar-refractivity contribution in [3.05, 3.63) is 17.1 Å². The van der Waals surface area contributed by atoms with Gasteiger partial charge in [-0.25, -0.2) is 0 Å². The molecule has 27 heavy (non-hydrogen) atoms. The normalized spacial score (nSPS) is 20.3. The van der Waals surface area contributed by atoms with Crippen molar-refractivity contribution >= 4 is 5.91 Å². The molecule has 0 saturated heterocycles. The Kier molecular flexibility index (Phi) is 4.25. The van der Waals surface area contributed by atoms with Crippen molar-refractivity contribution in [1.82, 2.24) is 24.8 Å². The highest BCUT2D eigenvalue weighted by molar-refractivity contribution is 5.77. The van der Waals surface area contributed by atoms with Gasteiger partial charge in [-0.15, -0.1) is 0 Å². The number of amides is 1. The minimum Gasteiger partial charge on any atom is -0.332 e. The molecule has 0 unspecified atom stereocenters. The van der Waals surface area contributed by atoms with E-state index in [1.165, 1.54) is 32.1 Å². The lowest BCUT2D eigenvalue weighted by molar-refractivity contribution is -0.132. The molecule has 3 aliphatic rings. The molecule has 7 nitrogen and oxygen atoms in total. The van der Waals surface area contributed by atoms with Crippen LogP contribution in [-0.4, -0.2) is 30.7 Å². The van der Waals surface area contributed by atoms with Gasteiger partial charge in [0, 0.05) is 24.9 Å². The van der Waals surface area contributed by atoms with Crippen molar-refractivity contribution in [2.24, 2.45) is 13.0 Å². The van der Waals surface area contributed by atoms with Crippen molar-refractivity contribution in [1.29, 1.82) is 0 Å². The van der Waals surface area contributed by atoms with Crippen molar-refractivity contribution in [2.75, 3.05) is 0 Å². The fraction of sp³-hybridized carbons (Fsp3) is 0.700. The van der Waals surface area contributed by atoms with Crippen LogP contribution >= 0.6 is 0 Å². The van der Waals surface area contributed by atoms with Crippen LogP contribution in [0.5, 0.6) is 0 Å². The van der Waals surface area contributed by atoms with Crippen LogP contribution in [0.4, 0.5) is 0 Å². The summed E-state index contributed by atoms with van der Waals surface area (Å²) in [5.74, 6) is 2.74. The van der Waals surface area contributed by atoms with Gasteiger partial charge in [0.2, 0.25) is 5.91 Å². The second kappa shape index (κ2) is 6.77. The van der Waals surface area contributed by atoms with Gasteiger partial charge in [-0.05, 0) is 25.2 Å². The minimum absolute atomic E-state index is 0.256. The van der Waals surface area contributed by atoms with Crippen LogP contribution in [0.2, 0.25) is 0 Å². The molecule has 0 atom stereocenters. The van der Waals surface area contributed by atoms with E-state index in [1.54, 1.807) is 0 Å². The highest BCUT2D eigenvalue weighted by Gasteiger charge is 2.34. The van der Waals surface area contributed by atoms with Gasteiger partial charge in [-0.2, -0.15) is 10.1 Å². The average molecular weight is 369 g/mol. The largest absolute Gasteiger partial charge is 0.332 e. The second-order valence-electron chi connectivity index (χ2n) is 8.42. The predicted octanol–water partition coefficient (Wildman–Crippen LogP) is 3.55. The van der Waals surface area contributed by atoms with Crippen LogP contribution in [-0.2, 0) is 24.9 Å². The number of carbonyl (C=O) groups excluding carboxylic acids is 1. The van der Waals surface area contributed by atoms with Gasteiger partial charge in [0.25, 0.3) is 5.89 Å². The van der Waals surface area contributed by atoms with E-state index in [1.807, 2.05) is 16.6 Å². The van der Waals surface area contributed by atoms with E-state index in [9.17, 15) is 4.79 Å². The van der Waals surface area contributed by atoms with Gasteiger partial charge >= 0.3 is 0 Å².